The van der Waals surface area contributed by atoms with E-state index in [9.17, 15) is 8.42 Å². The third-order valence-electron chi connectivity index (χ3n) is 2.54. The summed E-state index contributed by atoms with van der Waals surface area (Å²) >= 11 is 0. The molecule has 72 valence electrons. The molecule has 0 radical (unpaired) electrons. The van der Waals surface area contributed by atoms with Crippen molar-refractivity contribution in [3.63, 3.8) is 0 Å². The largest absolute Gasteiger partial charge is 0.319 e. The third kappa shape index (κ3) is 1.98. The first-order chi connectivity index (χ1) is 5.58. The summed E-state index contributed by atoms with van der Waals surface area (Å²) in [5.74, 6) is 0.647. The van der Waals surface area contributed by atoms with Crippen molar-refractivity contribution in [1.29, 1.82) is 0 Å². The summed E-state index contributed by atoms with van der Waals surface area (Å²) in [7, 11) is -0.889. The standard InChI is InChI=1S/C8H17NO2S/c1-7(6-9-2)8-4-3-5-12(8,10)11/h7-9H,3-6H2,1-2H3. The molecule has 2 unspecified atom stereocenters. The number of hydrogen-bond acceptors (Lipinski definition) is 3. The van der Waals surface area contributed by atoms with Gasteiger partial charge >= 0.3 is 0 Å². The minimum Gasteiger partial charge on any atom is -0.319 e. The van der Waals surface area contributed by atoms with Gasteiger partial charge in [-0.1, -0.05) is 6.92 Å². The Labute approximate surface area is 74.5 Å². The van der Waals surface area contributed by atoms with E-state index >= 15 is 0 Å². The van der Waals surface area contributed by atoms with E-state index in [0.717, 1.165) is 19.4 Å². The van der Waals surface area contributed by atoms with Gasteiger partial charge in [0.15, 0.2) is 9.84 Å². The fourth-order valence-electron chi connectivity index (χ4n) is 1.91. The molecule has 0 amide bonds. The summed E-state index contributed by atoms with van der Waals surface area (Å²) in [6.45, 7) is 2.80. The second-order valence-corrected chi connectivity index (χ2v) is 5.92. The molecule has 4 heteroatoms. The van der Waals surface area contributed by atoms with Crippen LogP contribution >= 0.6 is 0 Å². The highest BCUT2D eigenvalue weighted by Crippen LogP contribution is 2.25. The summed E-state index contributed by atoms with van der Waals surface area (Å²) in [6, 6.07) is 0. The van der Waals surface area contributed by atoms with Crippen molar-refractivity contribution >= 4 is 9.84 Å². The van der Waals surface area contributed by atoms with E-state index in [1.807, 2.05) is 14.0 Å². The quantitative estimate of drug-likeness (QED) is 0.703. The number of sulfone groups is 1. The molecule has 1 rings (SSSR count). The molecule has 1 fully saturated rings. The van der Waals surface area contributed by atoms with E-state index in [4.69, 9.17) is 0 Å². The smallest absolute Gasteiger partial charge is 0.153 e. The Morgan fingerprint density at radius 1 is 1.58 bits per heavy atom. The molecule has 0 aromatic heterocycles. The predicted octanol–water partition coefficient (Wildman–Crippen LogP) is 0.419. The Bertz CT molecular complexity index is 235. The second-order valence-electron chi connectivity index (χ2n) is 3.58. The van der Waals surface area contributed by atoms with E-state index in [-0.39, 0.29) is 11.2 Å². The first-order valence-corrected chi connectivity index (χ1v) is 6.15. The van der Waals surface area contributed by atoms with Crippen molar-refractivity contribution in [1.82, 2.24) is 5.32 Å². The first kappa shape index (κ1) is 9.99. The average molecular weight is 191 g/mol. The van der Waals surface area contributed by atoms with Crippen molar-refractivity contribution < 1.29 is 8.42 Å². The van der Waals surface area contributed by atoms with E-state index in [0.29, 0.717) is 5.75 Å². The zero-order valence-corrected chi connectivity index (χ0v) is 8.52. The average Bonchev–Trinajstić information content (AvgIpc) is 2.30. The maximum Gasteiger partial charge on any atom is 0.153 e. The highest BCUT2D eigenvalue weighted by molar-refractivity contribution is 7.92. The molecule has 1 aliphatic rings. The molecule has 1 saturated heterocycles. The normalized spacial score (nSPS) is 30.3. The fourth-order valence-corrected chi connectivity index (χ4v) is 4.11. The monoisotopic (exact) mass is 191 g/mol. The van der Waals surface area contributed by atoms with Crippen LogP contribution in [0.2, 0.25) is 0 Å². The Morgan fingerprint density at radius 2 is 2.25 bits per heavy atom. The van der Waals surface area contributed by atoms with Gasteiger partial charge in [0.25, 0.3) is 0 Å². The lowest BCUT2D eigenvalue weighted by Gasteiger charge is -2.17. The number of rotatable bonds is 3. The van der Waals surface area contributed by atoms with Crippen LogP contribution in [0.3, 0.4) is 0 Å². The molecule has 12 heavy (non-hydrogen) atoms. The van der Waals surface area contributed by atoms with Gasteiger partial charge in [0, 0.05) is 0 Å². The van der Waals surface area contributed by atoms with Crippen LogP contribution in [-0.2, 0) is 9.84 Å². The van der Waals surface area contributed by atoms with Gasteiger partial charge in [-0.25, -0.2) is 8.42 Å². The molecule has 3 nitrogen and oxygen atoms in total. The molecule has 1 N–H and O–H groups in total. The van der Waals surface area contributed by atoms with Crippen LogP contribution in [0.5, 0.6) is 0 Å². The topological polar surface area (TPSA) is 46.2 Å². The summed E-state index contributed by atoms with van der Waals surface area (Å²) < 4.78 is 22.9. The summed E-state index contributed by atoms with van der Waals surface area (Å²) in [4.78, 5) is 0. The fraction of sp³-hybridized carbons (Fsp3) is 1.00. The van der Waals surface area contributed by atoms with E-state index in [2.05, 4.69) is 5.32 Å². The zero-order valence-electron chi connectivity index (χ0n) is 7.71. The molecular formula is C8H17NO2S. The molecule has 2 atom stereocenters. The van der Waals surface area contributed by atoms with Gasteiger partial charge in [-0.2, -0.15) is 0 Å². The van der Waals surface area contributed by atoms with Crippen molar-refractivity contribution in [3.05, 3.63) is 0 Å². The minimum atomic E-state index is -2.75. The highest BCUT2D eigenvalue weighted by Gasteiger charge is 2.34. The molecule has 0 aromatic carbocycles. The highest BCUT2D eigenvalue weighted by atomic mass is 32.2. The van der Waals surface area contributed by atoms with Gasteiger partial charge in [-0.05, 0) is 32.4 Å². The van der Waals surface area contributed by atoms with Gasteiger partial charge in [-0.15, -0.1) is 0 Å². The van der Waals surface area contributed by atoms with Crippen molar-refractivity contribution in [2.75, 3.05) is 19.3 Å². The molecule has 0 spiro atoms. The number of hydrogen-bond donors (Lipinski definition) is 1. The lowest BCUT2D eigenvalue weighted by Crippen LogP contribution is -2.30. The summed E-state index contributed by atoms with van der Waals surface area (Å²) in [6.07, 6.45) is 1.70. The van der Waals surface area contributed by atoms with Crippen LogP contribution in [0.1, 0.15) is 19.8 Å². The number of nitrogens with one attached hydrogen (secondary N) is 1. The summed E-state index contributed by atoms with van der Waals surface area (Å²) in [5, 5.41) is 2.93. The molecule has 0 aliphatic carbocycles. The van der Waals surface area contributed by atoms with Crippen molar-refractivity contribution in [2.45, 2.75) is 25.0 Å². The molecule has 1 heterocycles. The van der Waals surface area contributed by atoms with Gasteiger partial charge < -0.3 is 5.32 Å². The van der Waals surface area contributed by atoms with Crippen LogP contribution < -0.4 is 5.32 Å². The summed E-state index contributed by atoms with van der Waals surface area (Å²) in [5.41, 5.74) is 0. The maximum atomic E-state index is 11.5. The Hall–Kier alpha value is -0.0900. The molecular weight excluding hydrogens is 174 g/mol. The van der Waals surface area contributed by atoms with Crippen LogP contribution in [0, 0.1) is 5.92 Å². The van der Waals surface area contributed by atoms with Crippen LogP contribution in [0.4, 0.5) is 0 Å². The van der Waals surface area contributed by atoms with Crippen molar-refractivity contribution in [2.24, 2.45) is 5.92 Å². The van der Waals surface area contributed by atoms with Gasteiger partial charge in [0.1, 0.15) is 0 Å². The van der Waals surface area contributed by atoms with E-state index < -0.39 is 9.84 Å². The zero-order chi connectivity index (χ0) is 9.19. The van der Waals surface area contributed by atoms with Crippen LogP contribution in [-0.4, -0.2) is 33.0 Å². The Morgan fingerprint density at radius 3 is 2.67 bits per heavy atom. The molecule has 1 aliphatic heterocycles. The molecule has 0 bridgehead atoms. The van der Waals surface area contributed by atoms with E-state index in [1.165, 1.54) is 0 Å². The lowest BCUT2D eigenvalue weighted by atomic mass is 10.0. The first-order valence-electron chi connectivity index (χ1n) is 4.44. The van der Waals surface area contributed by atoms with Gasteiger partial charge in [-0.3, -0.25) is 0 Å². The molecule has 0 aromatic rings. The SMILES string of the molecule is CNCC(C)C1CCCS1(=O)=O. The second kappa shape index (κ2) is 3.75. The van der Waals surface area contributed by atoms with Gasteiger partial charge in [0.05, 0.1) is 11.0 Å². The lowest BCUT2D eigenvalue weighted by molar-refractivity contribution is 0.486. The van der Waals surface area contributed by atoms with Crippen molar-refractivity contribution in [3.8, 4) is 0 Å². The predicted molar refractivity (Wildman–Crippen MR) is 49.9 cm³/mol. The molecule has 0 saturated carbocycles. The third-order valence-corrected chi connectivity index (χ3v) is 5.02. The Kier molecular flexibility index (Phi) is 3.12. The van der Waals surface area contributed by atoms with Crippen LogP contribution in [0.15, 0.2) is 0 Å². The minimum absolute atomic E-state index is 0.0926. The maximum absolute atomic E-state index is 11.5. The van der Waals surface area contributed by atoms with E-state index in [1.54, 1.807) is 0 Å². The van der Waals surface area contributed by atoms with Crippen LogP contribution in [0.25, 0.3) is 0 Å². The van der Waals surface area contributed by atoms with Gasteiger partial charge in [0.2, 0.25) is 0 Å². The Balaban J connectivity index is 2.62.